The van der Waals surface area contributed by atoms with Crippen LogP contribution in [0.4, 0.5) is 0 Å². The molecule has 0 amide bonds. The third-order valence-corrected chi connectivity index (χ3v) is 2.04. The summed E-state index contributed by atoms with van der Waals surface area (Å²) in [5.74, 6) is -0.110. The Bertz CT molecular complexity index is 263. The van der Waals surface area contributed by atoms with E-state index in [4.69, 9.17) is 4.74 Å². The summed E-state index contributed by atoms with van der Waals surface area (Å²) in [6.45, 7) is 2.25. The van der Waals surface area contributed by atoms with Crippen LogP contribution in [0, 0.1) is 5.92 Å². The smallest absolute Gasteiger partial charge is 0.334 e. The van der Waals surface area contributed by atoms with Crippen LogP contribution in [0.5, 0.6) is 0 Å². The van der Waals surface area contributed by atoms with E-state index in [0.717, 1.165) is 11.9 Å². The molecule has 0 aromatic carbocycles. The lowest BCUT2D eigenvalue weighted by atomic mass is 9.98. The molecule has 70 valence electrons. The van der Waals surface area contributed by atoms with Crippen molar-refractivity contribution in [1.29, 1.82) is 0 Å². The molecule has 0 N–H and O–H groups in total. The summed E-state index contributed by atoms with van der Waals surface area (Å²) in [6.07, 6.45) is 6.38. The van der Waals surface area contributed by atoms with Crippen LogP contribution in [0.15, 0.2) is 23.8 Å². The molecule has 0 radical (unpaired) electrons. The van der Waals surface area contributed by atoms with Gasteiger partial charge in [0, 0.05) is 11.5 Å². The number of esters is 1. The molecule has 1 fully saturated rings. The van der Waals surface area contributed by atoms with Crippen molar-refractivity contribution < 1.29 is 14.3 Å². The van der Waals surface area contributed by atoms with Crippen molar-refractivity contribution in [3.05, 3.63) is 23.8 Å². The van der Waals surface area contributed by atoms with Gasteiger partial charge in [-0.2, -0.15) is 0 Å². The van der Waals surface area contributed by atoms with Gasteiger partial charge >= 0.3 is 5.97 Å². The number of allylic oxidation sites excluding steroid dienone is 3. The summed E-state index contributed by atoms with van der Waals surface area (Å²) in [7, 11) is 0. The highest BCUT2D eigenvalue weighted by Crippen LogP contribution is 2.24. The fourth-order valence-electron chi connectivity index (χ4n) is 1.36. The maximum atomic E-state index is 11.1. The van der Waals surface area contributed by atoms with E-state index in [1.54, 1.807) is 12.2 Å². The third-order valence-electron chi connectivity index (χ3n) is 2.04. The van der Waals surface area contributed by atoms with Gasteiger partial charge in [0.25, 0.3) is 0 Å². The second-order valence-corrected chi connectivity index (χ2v) is 2.84. The highest BCUT2D eigenvalue weighted by molar-refractivity contribution is 5.90. The predicted molar refractivity (Wildman–Crippen MR) is 48.0 cm³/mol. The molecule has 1 aliphatic rings. The number of aldehydes is 1. The summed E-state index contributed by atoms with van der Waals surface area (Å²) < 4.78 is 4.87. The van der Waals surface area contributed by atoms with E-state index in [1.165, 1.54) is 6.08 Å². The standard InChI is InChI=1S/C10H12O3/c1-2-9-8(5-3-4-6-11)7-13-10(9)12/h2-4,6,8H,5,7H2,1H3/b4-3+,9-2-. The largest absolute Gasteiger partial charge is 0.462 e. The van der Waals surface area contributed by atoms with Crippen LogP contribution in [0.2, 0.25) is 0 Å². The number of rotatable bonds is 3. The molecule has 0 aromatic rings. The highest BCUT2D eigenvalue weighted by atomic mass is 16.5. The van der Waals surface area contributed by atoms with E-state index in [0.29, 0.717) is 13.0 Å². The Hall–Kier alpha value is -1.38. The van der Waals surface area contributed by atoms with Crippen molar-refractivity contribution in [2.75, 3.05) is 6.61 Å². The fraction of sp³-hybridized carbons (Fsp3) is 0.400. The minimum absolute atomic E-state index is 0.119. The molecule has 0 aromatic heterocycles. The topological polar surface area (TPSA) is 43.4 Å². The van der Waals surface area contributed by atoms with Crippen molar-refractivity contribution in [1.82, 2.24) is 0 Å². The van der Waals surface area contributed by atoms with Crippen molar-refractivity contribution in [2.24, 2.45) is 5.92 Å². The number of hydrogen-bond acceptors (Lipinski definition) is 3. The molecular weight excluding hydrogens is 168 g/mol. The van der Waals surface area contributed by atoms with Crippen molar-refractivity contribution in [2.45, 2.75) is 13.3 Å². The minimum Gasteiger partial charge on any atom is -0.462 e. The molecule has 1 aliphatic heterocycles. The monoisotopic (exact) mass is 180 g/mol. The van der Waals surface area contributed by atoms with Crippen LogP contribution >= 0.6 is 0 Å². The molecule has 13 heavy (non-hydrogen) atoms. The van der Waals surface area contributed by atoms with Gasteiger partial charge in [0.15, 0.2) is 0 Å². The van der Waals surface area contributed by atoms with Crippen molar-refractivity contribution >= 4 is 12.3 Å². The molecule has 1 saturated heterocycles. The van der Waals surface area contributed by atoms with Crippen LogP contribution in [-0.2, 0) is 14.3 Å². The van der Waals surface area contributed by atoms with Crippen LogP contribution in [0.3, 0.4) is 0 Å². The molecule has 1 unspecified atom stereocenters. The van der Waals surface area contributed by atoms with E-state index in [-0.39, 0.29) is 11.9 Å². The van der Waals surface area contributed by atoms with Gasteiger partial charge in [-0.25, -0.2) is 4.79 Å². The number of hydrogen-bond donors (Lipinski definition) is 0. The number of cyclic esters (lactones) is 1. The van der Waals surface area contributed by atoms with Gasteiger partial charge < -0.3 is 4.74 Å². The van der Waals surface area contributed by atoms with Crippen LogP contribution in [0.1, 0.15) is 13.3 Å². The summed E-state index contributed by atoms with van der Waals surface area (Å²) in [4.78, 5) is 21.1. The van der Waals surface area contributed by atoms with Gasteiger partial charge in [-0.15, -0.1) is 0 Å². The lowest BCUT2D eigenvalue weighted by Gasteiger charge is -2.01. The molecule has 1 atom stereocenters. The Morgan fingerprint density at radius 1 is 1.62 bits per heavy atom. The van der Waals surface area contributed by atoms with Gasteiger partial charge in [-0.05, 0) is 19.4 Å². The van der Waals surface area contributed by atoms with Gasteiger partial charge in [0.2, 0.25) is 0 Å². The average molecular weight is 180 g/mol. The molecule has 0 aliphatic carbocycles. The average Bonchev–Trinajstić information content (AvgIpc) is 2.47. The zero-order valence-electron chi connectivity index (χ0n) is 7.53. The first-order valence-corrected chi connectivity index (χ1v) is 4.23. The van der Waals surface area contributed by atoms with Crippen molar-refractivity contribution in [3.8, 4) is 0 Å². The van der Waals surface area contributed by atoms with Crippen LogP contribution < -0.4 is 0 Å². The van der Waals surface area contributed by atoms with E-state index in [9.17, 15) is 9.59 Å². The Morgan fingerprint density at radius 3 is 3.00 bits per heavy atom. The van der Waals surface area contributed by atoms with E-state index in [1.807, 2.05) is 6.92 Å². The number of carbonyl (C=O) groups excluding carboxylic acids is 2. The van der Waals surface area contributed by atoms with Gasteiger partial charge in [-0.1, -0.05) is 12.2 Å². The summed E-state index contributed by atoms with van der Waals surface area (Å²) in [5.41, 5.74) is 0.718. The Labute approximate surface area is 77.1 Å². The van der Waals surface area contributed by atoms with E-state index in [2.05, 4.69) is 0 Å². The SMILES string of the molecule is C/C=C1\C(=O)OCC1C/C=C/C=O. The summed E-state index contributed by atoms with van der Waals surface area (Å²) >= 11 is 0. The molecule has 1 heterocycles. The lowest BCUT2D eigenvalue weighted by molar-refractivity contribution is -0.135. The number of ether oxygens (including phenoxy) is 1. The Kier molecular flexibility index (Phi) is 3.43. The maximum Gasteiger partial charge on any atom is 0.334 e. The van der Waals surface area contributed by atoms with Gasteiger partial charge in [0.1, 0.15) is 6.29 Å². The Morgan fingerprint density at radius 2 is 2.38 bits per heavy atom. The third kappa shape index (κ3) is 2.28. The first kappa shape index (κ1) is 9.71. The lowest BCUT2D eigenvalue weighted by Crippen LogP contribution is -2.01. The molecule has 1 rings (SSSR count). The quantitative estimate of drug-likeness (QED) is 0.373. The fourth-order valence-corrected chi connectivity index (χ4v) is 1.36. The van der Waals surface area contributed by atoms with Gasteiger partial charge in [-0.3, -0.25) is 4.79 Å². The molecular formula is C10H12O3. The zero-order valence-corrected chi connectivity index (χ0v) is 7.53. The minimum atomic E-state index is -0.230. The molecule has 0 spiro atoms. The van der Waals surface area contributed by atoms with E-state index >= 15 is 0 Å². The number of carbonyl (C=O) groups is 2. The van der Waals surface area contributed by atoms with Crippen LogP contribution in [0.25, 0.3) is 0 Å². The first-order chi connectivity index (χ1) is 6.29. The molecule has 3 heteroatoms. The van der Waals surface area contributed by atoms with Crippen molar-refractivity contribution in [3.63, 3.8) is 0 Å². The van der Waals surface area contributed by atoms with Gasteiger partial charge in [0.05, 0.1) is 6.61 Å². The summed E-state index contributed by atoms with van der Waals surface area (Å²) in [6, 6.07) is 0. The zero-order chi connectivity index (χ0) is 9.68. The summed E-state index contributed by atoms with van der Waals surface area (Å²) in [5, 5.41) is 0. The predicted octanol–water partition coefficient (Wildman–Crippen LogP) is 1.25. The molecule has 3 nitrogen and oxygen atoms in total. The van der Waals surface area contributed by atoms with E-state index < -0.39 is 0 Å². The molecule has 0 bridgehead atoms. The highest BCUT2D eigenvalue weighted by Gasteiger charge is 2.28. The molecule has 0 saturated carbocycles. The second kappa shape index (κ2) is 4.60. The maximum absolute atomic E-state index is 11.1. The second-order valence-electron chi connectivity index (χ2n) is 2.84. The Balaban J connectivity index is 2.56. The first-order valence-electron chi connectivity index (χ1n) is 4.23. The van der Waals surface area contributed by atoms with Crippen LogP contribution in [-0.4, -0.2) is 18.9 Å². The normalized spacial score (nSPS) is 25.5.